The molecule has 0 saturated carbocycles. The van der Waals surface area contributed by atoms with Gasteiger partial charge in [0.15, 0.2) is 5.69 Å². The number of rotatable bonds is 4. The summed E-state index contributed by atoms with van der Waals surface area (Å²) in [6, 6.07) is 19.4. The largest absolute Gasteiger partial charge is 0.444 e. The fourth-order valence-electron chi connectivity index (χ4n) is 4.11. The van der Waals surface area contributed by atoms with Gasteiger partial charge in [-0.15, -0.1) is 0 Å². The van der Waals surface area contributed by atoms with Crippen molar-refractivity contribution in [1.82, 2.24) is 20.0 Å². The smallest absolute Gasteiger partial charge is 0.410 e. The zero-order valence-electron chi connectivity index (χ0n) is 19.5. The molecule has 0 radical (unpaired) electrons. The first-order valence-corrected chi connectivity index (χ1v) is 11.2. The van der Waals surface area contributed by atoms with Crippen LogP contribution in [-0.2, 0) is 24.8 Å². The van der Waals surface area contributed by atoms with E-state index in [-0.39, 0.29) is 18.0 Å². The summed E-state index contributed by atoms with van der Waals surface area (Å²) < 4.78 is 7.29. The van der Waals surface area contributed by atoms with E-state index in [0.29, 0.717) is 25.2 Å². The molecule has 3 aromatic rings. The lowest BCUT2D eigenvalue weighted by atomic mass is 9.98. The highest BCUT2D eigenvalue weighted by molar-refractivity contribution is 5.94. The average molecular weight is 447 g/mol. The number of carbonyl (C=O) groups is 2. The molecule has 7 heteroatoms. The third-order valence-corrected chi connectivity index (χ3v) is 5.65. The summed E-state index contributed by atoms with van der Waals surface area (Å²) in [5.74, 6) is -0.268. The van der Waals surface area contributed by atoms with Crippen molar-refractivity contribution in [2.75, 3.05) is 6.54 Å². The second-order valence-electron chi connectivity index (χ2n) is 9.28. The topological polar surface area (TPSA) is 76.5 Å². The summed E-state index contributed by atoms with van der Waals surface area (Å²) in [5, 5.41) is 7.69. The zero-order valence-corrected chi connectivity index (χ0v) is 19.5. The van der Waals surface area contributed by atoms with Gasteiger partial charge in [0.2, 0.25) is 0 Å². The maximum atomic E-state index is 13.5. The molecule has 33 heavy (non-hydrogen) atoms. The van der Waals surface area contributed by atoms with Gasteiger partial charge in [-0.05, 0) is 31.9 Å². The molecule has 2 heterocycles. The van der Waals surface area contributed by atoms with Gasteiger partial charge in [-0.3, -0.25) is 9.48 Å². The van der Waals surface area contributed by atoms with Crippen molar-refractivity contribution in [2.45, 2.75) is 45.4 Å². The molecule has 2 amide bonds. The Morgan fingerprint density at radius 3 is 2.12 bits per heavy atom. The monoisotopic (exact) mass is 446 g/mol. The summed E-state index contributed by atoms with van der Waals surface area (Å²) in [6.45, 7) is 6.35. The van der Waals surface area contributed by atoms with Crippen molar-refractivity contribution < 1.29 is 14.3 Å². The molecule has 0 aliphatic carbocycles. The molecule has 172 valence electrons. The van der Waals surface area contributed by atoms with E-state index in [2.05, 4.69) is 10.4 Å². The second kappa shape index (κ2) is 9.10. The highest BCUT2D eigenvalue weighted by Gasteiger charge is 2.32. The summed E-state index contributed by atoms with van der Waals surface area (Å²) >= 11 is 0. The molecule has 1 aliphatic heterocycles. The van der Waals surface area contributed by atoms with Crippen LogP contribution in [0.15, 0.2) is 60.7 Å². The van der Waals surface area contributed by atoms with Crippen molar-refractivity contribution in [2.24, 2.45) is 7.05 Å². The van der Waals surface area contributed by atoms with Crippen molar-refractivity contribution >= 4 is 12.0 Å². The van der Waals surface area contributed by atoms with Crippen LogP contribution in [0.4, 0.5) is 4.79 Å². The second-order valence-corrected chi connectivity index (χ2v) is 9.28. The van der Waals surface area contributed by atoms with Gasteiger partial charge in [-0.2, -0.15) is 5.10 Å². The Kier molecular flexibility index (Phi) is 6.22. The molecule has 0 bridgehead atoms. The summed E-state index contributed by atoms with van der Waals surface area (Å²) in [7, 11) is 1.84. The summed E-state index contributed by atoms with van der Waals surface area (Å²) in [4.78, 5) is 27.7. The molecule has 7 nitrogen and oxygen atoms in total. The molecule has 1 aliphatic rings. The van der Waals surface area contributed by atoms with E-state index in [0.717, 1.165) is 22.4 Å². The number of aryl methyl sites for hydroxylation is 1. The number of hydrogen-bond donors (Lipinski definition) is 1. The first-order valence-electron chi connectivity index (χ1n) is 11.2. The number of carbonyl (C=O) groups excluding carboxylic acids is 2. The first kappa shape index (κ1) is 22.6. The predicted molar refractivity (Wildman–Crippen MR) is 126 cm³/mol. The molecule has 0 saturated heterocycles. The first-order chi connectivity index (χ1) is 15.7. The van der Waals surface area contributed by atoms with Crippen LogP contribution in [-0.4, -0.2) is 38.8 Å². The van der Waals surface area contributed by atoms with E-state index in [1.54, 1.807) is 9.58 Å². The SMILES string of the molecule is Cn1nc(C(=O)NC(c2ccccc2)c2ccccc2)c2c1CCN(C(=O)OC(C)(C)C)C2. The minimum absolute atomic E-state index is 0.268. The lowest BCUT2D eigenvalue weighted by Gasteiger charge is -2.30. The third-order valence-electron chi connectivity index (χ3n) is 5.65. The van der Waals surface area contributed by atoms with Crippen LogP contribution < -0.4 is 5.32 Å². The van der Waals surface area contributed by atoms with Crippen LogP contribution >= 0.6 is 0 Å². The van der Waals surface area contributed by atoms with Crippen molar-refractivity contribution in [3.05, 3.63) is 88.7 Å². The molecule has 1 N–H and O–H groups in total. The van der Waals surface area contributed by atoms with Crippen LogP contribution in [0.3, 0.4) is 0 Å². The Morgan fingerprint density at radius 1 is 1.00 bits per heavy atom. The van der Waals surface area contributed by atoms with Gasteiger partial charge in [0.25, 0.3) is 5.91 Å². The van der Waals surface area contributed by atoms with Gasteiger partial charge < -0.3 is 15.0 Å². The Balaban J connectivity index is 1.61. The minimum Gasteiger partial charge on any atom is -0.444 e. The highest BCUT2D eigenvalue weighted by Crippen LogP contribution is 2.26. The molecule has 0 atom stereocenters. The van der Waals surface area contributed by atoms with Crippen LogP contribution in [0, 0.1) is 0 Å². The molecule has 0 fully saturated rings. The van der Waals surface area contributed by atoms with E-state index in [1.807, 2.05) is 88.5 Å². The predicted octanol–water partition coefficient (Wildman–Crippen LogP) is 4.23. The molecule has 2 aromatic carbocycles. The van der Waals surface area contributed by atoms with Crippen molar-refractivity contribution in [3.8, 4) is 0 Å². The van der Waals surface area contributed by atoms with Gasteiger partial charge in [-0.25, -0.2) is 4.79 Å². The zero-order chi connectivity index (χ0) is 23.6. The fourth-order valence-corrected chi connectivity index (χ4v) is 4.11. The van der Waals surface area contributed by atoms with Gasteiger partial charge in [-0.1, -0.05) is 60.7 Å². The Labute approximate surface area is 194 Å². The van der Waals surface area contributed by atoms with E-state index in [4.69, 9.17) is 4.74 Å². The highest BCUT2D eigenvalue weighted by atomic mass is 16.6. The molecule has 0 spiro atoms. The molecule has 0 unspecified atom stereocenters. The van der Waals surface area contributed by atoms with Gasteiger partial charge in [0, 0.05) is 31.3 Å². The van der Waals surface area contributed by atoms with Crippen molar-refractivity contribution in [3.63, 3.8) is 0 Å². The van der Waals surface area contributed by atoms with Gasteiger partial charge in [0.05, 0.1) is 12.6 Å². The van der Waals surface area contributed by atoms with E-state index < -0.39 is 5.60 Å². The molecular formula is C26H30N4O3. The molecule has 4 rings (SSSR count). The third kappa shape index (κ3) is 5.08. The number of benzene rings is 2. The maximum Gasteiger partial charge on any atom is 0.410 e. The Hall–Kier alpha value is -3.61. The van der Waals surface area contributed by atoms with Crippen LogP contribution in [0.5, 0.6) is 0 Å². The Bertz CT molecular complexity index is 1090. The number of ether oxygens (including phenoxy) is 1. The minimum atomic E-state index is -0.578. The van der Waals surface area contributed by atoms with Crippen LogP contribution in [0.2, 0.25) is 0 Å². The number of hydrogen-bond acceptors (Lipinski definition) is 4. The van der Waals surface area contributed by atoms with E-state index >= 15 is 0 Å². The van der Waals surface area contributed by atoms with Gasteiger partial charge in [0.1, 0.15) is 5.60 Å². The van der Waals surface area contributed by atoms with Crippen molar-refractivity contribution in [1.29, 1.82) is 0 Å². The molecular weight excluding hydrogens is 416 g/mol. The quantitative estimate of drug-likeness (QED) is 0.651. The lowest BCUT2D eigenvalue weighted by Crippen LogP contribution is -2.40. The average Bonchev–Trinajstić information content (AvgIpc) is 3.13. The number of nitrogens with one attached hydrogen (secondary N) is 1. The number of amides is 2. The summed E-state index contributed by atoms with van der Waals surface area (Å²) in [5.41, 5.74) is 3.47. The fraction of sp³-hybridized carbons (Fsp3) is 0.346. The van der Waals surface area contributed by atoms with Crippen LogP contribution in [0.25, 0.3) is 0 Å². The van der Waals surface area contributed by atoms with Gasteiger partial charge >= 0.3 is 6.09 Å². The number of nitrogens with zero attached hydrogens (tertiary/aromatic N) is 3. The number of aromatic nitrogens is 2. The normalized spacial score (nSPS) is 13.5. The van der Waals surface area contributed by atoms with E-state index in [9.17, 15) is 9.59 Å². The standard InChI is InChI=1S/C26H30N4O3/c1-26(2,3)33-25(32)30-16-15-21-20(17-30)23(28-29(21)4)24(31)27-22(18-11-7-5-8-12-18)19-13-9-6-10-14-19/h5-14,22H,15-17H2,1-4H3,(H,27,31). The lowest BCUT2D eigenvalue weighted by molar-refractivity contribution is 0.0221. The summed E-state index contributed by atoms with van der Waals surface area (Å²) in [6.07, 6.45) is 0.237. The van der Waals surface area contributed by atoms with Crippen LogP contribution in [0.1, 0.15) is 59.7 Å². The number of fused-ring (bicyclic) bond motifs is 1. The molecule has 1 aromatic heterocycles. The van der Waals surface area contributed by atoms with E-state index in [1.165, 1.54) is 0 Å². The maximum absolute atomic E-state index is 13.5. The Morgan fingerprint density at radius 2 is 1.58 bits per heavy atom.